The fourth-order valence-electron chi connectivity index (χ4n) is 2.85. The quantitative estimate of drug-likeness (QED) is 0.758. The van der Waals surface area contributed by atoms with Crippen molar-refractivity contribution < 1.29 is 9.53 Å². The van der Waals surface area contributed by atoms with Gasteiger partial charge in [-0.15, -0.1) is 0 Å². The van der Waals surface area contributed by atoms with E-state index in [4.69, 9.17) is 4.74 Å². The number of aldehydes is 1. The molecule has 0 saturated heterocycles. The largest absolute Gasteiger partial charge is 0.457 e. The second kappa shape index (κ2) is 5.12. The van der Waals surface area contributed by atoms with Gasteiger partial charge in [0.25, 0.3) is 0 Å². The first-order chi connectivity index (χ1) is 9.68. The Morgan fingerprint density at radius 1 is 1.05 bits per heavy atom. The van der Waals surface area contributed by atoms with E-state index >= 15 is 0 Å². The SMILES string of the molecule is CC1(C=O)CC(c2cccc(Oc3ccccc3)c2)C1. The number of carbonyl (C=O) groups is 1. The van der Waals surface area contributed by atoms with Gasteiger partial charge in [-0.2, -0.15) is 0 Å². The molecule has 1 saturated carbocycles. The summed E-state index contributed by atoms with van der Waals surface area (Å²) in [6.45, 7) is 2.03. The number of ether oxygens (including phenoxy) is 1. The van der Waals surface area contributed by atoms with Gasteiger partial charge in [0.15, 0.2) is 0 Å². The third-order valence-electron chi connectivity index (χ3n) is 4.02. The van der Waals surface area contributed by atoms with Crippen LogP contribution in [0.25, 0.3) is 0 Å². The summed E-state index contributed by atoms with van der Waals surface area (Å²) >= 11 is 0. The highest BCUT2D eigenvalue weighted by molar-refractivity contribution is 5.61. The third kappa shape index (κ3) is 2.60. The Morgan fingerprint density at radius 3 is 2.45 bits per heavy atom. The molecule has 1 aliphatic carbocycles. The van der Waals surface area contributed by atoms with Crippen molar-refractivity contribution in [2.24, 2.45) is 5.41 Å². The molecule has 3 rings (SSSR count). The van der Waals surface area contributed by atoms with E-state index in [1.165, 1.54) is 5.56 Å². The highest BCUT2D eigenvalue weighted by Gasteiger charge is 2.40. The zero-order chi connectivity index (χ0) is 14.0. The second-order valence-corrected chi connectivity index (χ2v) is 5.86. The Morgan fingerprint density at radius 2 is 1.75 bits per heavy atom. The van der Waals surface area contributed by atoms with Crippen LogP contribution in [0, 0.1) is 5.41 Å². The number of hydrogen-bond acceptors (Lipinski definition) is 2. The van der Waals surface area contributed by atoms with E-state index in [0.29, 0.717) is 5.92 Å². The van der Waals surface area contributed by atoms with E-state index < -0.39 is 0 Å². The molecule has 0 spiro atoms. The van der Waals surface area contributed by atoms with Crippen LogP contribution in [-0.4, -0.2) is 6.29 Å². The molecule has 0 radical (unpaired) electrons. The Balaban J connectivity index is 1.73. The average Bonchev–Trinajstić information content (AvgIpc) is 2.45. The van der Waals surface area contributed by atoms with Gasteiger partial charge in [-0.3, -0.25) is 0 Å². The van der Waals surface area contributed by atoms with Crippen molar-refractivity contribution in [2.45, 2.75) is 25.7 Å². The van der Waals surface area contributed by atoms with Gasteiger partial charge >= 0.3 is 0 Å². The lowest BCUT2D eigenvalue weighted by molar-refractivity contribution is -0.120. The Kier molecular flexibility index (Phi) is 3.31. The van der Waals surface area contributed by atoms with Crippen LogP contribution < -0.4 is 4.74 Å². The standard InChI is InChI=1S/C18H18O2/c1-18(13-19)11-15(12-18)14-6-5-9-17(10-14)20-16-7-3-2-4-8-16/h2-10,13,15H,11-12H2,1H3. The molecule has 0 aliphatic heterocycles. The summed E-state index contributed by atoms with van der Waals surface area (Å²) in [4.78, 5) is 11.0. The van der Waals surface area contributed by atoms with Gasteiger partial charge in [0.1, 0.15) is 17.8 Å². The number of rotatable bonds is 4. The average molecular weight is 266 g/mol. The van der Waals surface area contributed by atoms with Crippen LogP contribution in [0.2, 0.25) is 0 Å². The molecule has 2 heteroatoms. The summed E-state index contributed by atoms with van der Waals surface area (Å²) in [6, 6.07) is 18.0. The van der Waals surface area contributed by atoms with Crippen LogP contribution >= 0.6 is 0 Å². The number of benzene rings is 2. The number of hydrogen-bond donors (Lipinski definition) is 0. The van der Waals surface area contributed by atoms with Crippen molar-refractivity contribution in [3.8, 4) is 11.5 Å². The van der Waals surface area contributed by atoms with E-state index in [9.17, 15) is 4.79 Å². The minimum absolute atomic E-state index is 0.124. The number of carbonyl (C=O) groups excluding carboxylic acids is 1. The summed E-state index contributed by atoms with van der Waals surface area (Å²) in [5, 5.41) is 0. The van der Waals surface area contributed by atoms with Gasteiger partial charge < -0.3 is 9.53 Å². The summed E-state index contributed by atoms with van der Waals surface area (Å²) in [5.41, 5.74) is 1.14. The highest BCUT2D eigenvalue weighted by atomic mass is 16.5. The van der Waals surface area contributed by atoms with Crippen LogP contribution in [0.15, 0.2) is 54.6 Å². The van der Waals surface area contributed by atoms with Crippen molar-refractivity contribution >= 4 is 6.29 Å². The van der Waals surface area contributed by atoms with Crippen LogP contribution in [0.4, 0.5) is 0 Å². The van der Waals surface area contributed by atoms with E-state index in [1.54, 1.807) is 0 Å². The van der Waals surface area contributed by atoms with Gasteiger partial charge in [-0.25, -0.2) is 0 Å². The predicted molar refractivity (Wildman–Crippen MR) is 79.1 cm³/mol. The van der Waals surface area contributed by atoms with Gasteiger partial charge in [0.2, 0.25) is 0 Å². The molecule has 0 amide bonds. The van der Waals surface area contributed by atoms with Crippen LogP contribution in [0.5, 0.6) is 11.5 Å². The lowest BCUT2D eigenvalue weighted by Crippen LogP contribution is -2.34. The summed E-state index contributed by atoms with van der Waals surface area (Å²) in [6.07, 6.45) is 2.96. The molecule has 0 heterocycles. The van der Waals surface area contributed by atoms with Gasteiger partial charge in [0.05, 0.1) is 0 Å². The minimum Gasteiger partial charge on any atom is -0.457 e. The van der Waals surface area contributed by atoms with Crippen molar-refractivity contribution in [1.82, 2.24) is 0 Å². The summed E-state index contributed by atoms with van der Waals surface area (Å²) in [5.74, 6) is 2.17. The summed E-state index contributed by atoms with van der Waals surface area (Å²) in [7, 11) is 0. The molecule has 20 heavy (non-hydrogen) atoms. The predicted octanol–water partition coefficient (Wildman–Crippen LogP) is 4.56. The molecular weight excluding hydrogens is 248 g/mol. The maximum Gasteiger partial charge on any atom is 0.127 e. The van der Waals surface area contributed by atoms with Gasteiger partial charge in [-0.1, -0.05) is 37.3 Å². The molecule has 2 aromatic rings. The molecule has 102 valence electrons. The zero-order valence-corrected chi connectivity index (χ0v) is 11.6. The van der Waals surface area contributed by atoms with Crippen molar-refractivity contribution in [1.29, 1.82) is 0 Å². The van der Waals surface area contributed by atoms with E-state index in [-0.39, 0.29) is 5.41 Å². The van der Waals surface area contributed by atoms with E-state index in [2.05, 4.69) is 12.1 Å². The lowest BCUT2D eigenvalue weighted by Gasteiger charge is -2.41. The van der Waals surface area contributed by atoms with Gasteiger partial charge in [0, 0.05) is 5.41 Å². The molecule has 0 aromatic heterocycles. The maximum absolute atomic E-state index is 11.0. The fraction of sp³-hybridized carbons (Fsp3) is 0.278. The molecule has 2 nitrogen and oxygen atoms in total. The smallest absolute Gasteiger partial charge is 0.127 e. The molecule has 0 unspecified atom stereocenters. The minimum atomic E-state index is -0.124. The maximum atomic E-state index is 11.0. The first-order valence-corrected chi connectivity index (χ1v) is 6.98. The molecule has 0 atom stereocenters. The van der Waals surface area contributed by atoms with Crippen molar-refractivity contribution in [3.63, 3.8) is 0 Å². The topological polar surface area (TPSA) is 26.3 Å². The summed E-state index contributed by atoms with van der Waals surface area (Å²) < 4.78 is 5.85. The van der Waals surface area contributed by atoms with E-state index in [0.717, 1.165) is 30.6 Å². The fourth-order valence-corrected chi connectivity index (χ4v) is 2.85. The molecular formula is C18H18O2. The van der Waals surface area contributed by atoms with Crippen molar-refractivity contribution in [2.75, 3.05) is 0 Å². The van der Waals surface area contributed by atoms with Crippen LogP contribution in [-0.2, 0) is 4.79 Å². The zero-order valence-electron chi connectivity index (χ0n) is 11.6. The first-order valence-electron chi connectivity index (χ1n) is 6.98. The normalized spacial score (nSPS) is 24.8. The third-order valence-corrected chi connectivity index (χ3v) is 4.02. The number of para-hydroxylation sites is 1. The molecule has 1 aliphatic rings. The van der Waals surface area contributed by atoms with Crippen LogP contribution in [0.3, 0.4) is 0 Å². The van der Waals surface area contributed by atoms with Gasteiger partial charge in [-0.05, 0) is 48.6 Å². The molecule has 2 aromatic carbocycles. The Labute approximate surface area is 119 Å². The van der Waals surface area contributed by atoms with Crippen molar-refractivity contribution in [3.05, 3.63) is 60.2 Å². The second-order valence-electron chi connectivity index (χ2n) is 5.86. The molecule has 0 N–H and O–H groups in total. The first kappa shape index (κ1) is 12.9. The van der Waals surface area contributed by atoms with Crippen LogP contribution in [0.1, 0.15) is 31.2 Å². The lowest BCUT2D eigenvalue weighted by atomic mass is 9.62. The Hall–Kier alpha value is -2.09. The monoisotopic (exact) mass is 266 g/mol. The molecule has 0 bridgehead atoms. The highest BCUT2D eigenvalue weighted by Crippen LogP contribution is 2.49. The van der Waals surface area contributed by atoms with E-state index in [1.807, 2.05) is 49.4 Å². The molecule has 1 fully saturated rings. The Bertz CT molecular complexity index is 598.